The minimum absolute atomic E-state index is 0.362. The molecular weight excluding hydrogens is 246 g/mol. The Kier molecular flexibility index (Phi) is 3.55. The molecule has 0 amide bonds. The summed E-state index contributed by atoms with van der Waals surface area (Å²) < 4.78 is 12.9. The molecule has 2 aromatic heterocycles. The Morgan fingerprint density at radius 2 is 1.95 bits per heavy atom. The fourth-order valence-electron chi connectivity index (χ4n) is 1.79. The number of methoxy groups -OCH3 is 1. The molecule has 0 bridgehead atoms. The highest BCUT2D eigenvalue weighted by atomic mass is 16.5. The van der Waals surface area contributed by atoms with Crippen LogP contribution >= 0.6 is 0 Å². The first-order valence-corrected chi connectivity index (χ1v) is 5.83. The van der Waals surface area contributed by atoms with Crippen molar-refractivity contribution in [3.8, 4) is 17.4 Å². The minimum atomic E-state index is 0.362. The van der Waals surface area contributed by atoms with Crippen LogP contribution in [0.25, 0.3) is 0 Å². The van der Waals surface area contributed by atoms with Gasteiger partial charge in [-0.25, -0.2) is 4.98 Å². The van der Waals surface area contributed by atoms with Gasteiger partial charge in [0, 0.05) is 14.1 Å². The zero-order valence-corrected chi connectivity index (χ0v) is 11.7. The Balaban J connectivity index is 2.43. The average molecular weight is 263 g/mol. The zero-order valence-electron chi connectivity index (χ0n) is 11.7. The molecule has 0 fully saturated rings. The normalized spacial score (nSPS) is 10.4. The van der Waals surface area contributed by atoms with Crippen molar-refractivity contribution in [2.45, 2.75) is 13.8 Å². The molecule has 0 unspecified atom stereocenters. The third-order valence-electron chi connectivity index (χ3n) is 2.85. The van der Waals surface area contributed by atoms with Gasteiger partial charge in [0.2, 0.25) is 5.75 Å². The van der Waals surface area contributed by atoms with Gasteiger partial charge in [-0.3, -0.25) is 4.68 Å². The quantitative estimate of drug-likeness (QED) is 0.904. The van der Waals surface area contributed by atoms with Gasteiger partial charge in [-0.05, 0) is 13.8 Å². The molecule has 102 valence electrons. The van der Waals surface area contributed by atoms with Crippen LogP contribution in [0.5, 0.6) is 17.4 Å². The number of aromatic nitrogens is 4. The topological polar surface area (TPSA) is 74.1 Å². The van der Waals surface area contributed by atoms with Crippen LogP contribution < -0.4 is 14.8 Å². The summed E-state index contributed by atoms with van der Waals surface area (Å²) in [6.07, 6.45) is 1.42. The molecular formula is C12H17N5O2. The maximum atomic E-state index is 5.83. The van der Waals surface area contributed by atoms with E-state index in [1.165, 1.54) is 6.33 Å². The number of nitrogens with one attached hydrogen (secondary N) is 1. The molecule has 7 nitrogen and oxygen atoms in total. The molecule has 2 aromatic rings. The first-order valence-electron chi connectivity index (χ1n) is 5.83. The van der Waals surface area contributed by atoms with E-state index in [0.29, 0.717) is 23.2 Å². The predicted molar refractivity (Wildman–Crippen MR) is 70.9 cm³/mol. The SMILES string of the molecule is CNc1ncnc(Oc2c(C)nn(C)c2C)c1OC. The largest absolute Gasteiger partial charge is 0.489 e. The summed E-state index contributed by atoms with van der Waals surface area (Å²) in [6, 6.07) is 0. The first kappa shape index (κ1) is 13.1. The van der Waals surface area contributed by atoms with Gasteiger partial charge in [-0.15, -0.1) is 0 Å². The second-order valence-corrected chi connectivity index (χ2v) is 4.04. The number of hydrogen-bond acceptors (Lipinski definition) is 6. The maximum absolute atomic E-state index is 5.83. The zero-order chi connectivity index (χ0) is 14.0. The van der Waals surface area contributed by atoms with E-state index in [0.717, 1.165) is 11.4 Å². The van der Waals surface area contributed by atoms with Crippen LogP contribution in [-0.2, 0) is 7.05 Å². The lowest BCUT2D eigenvalue weighted by Gasteiger charge is -2.11. The van der Waals surface area contributed by atoms with Crippen molar-refractivity contribution < 1.29 is 9.47 Å². The summed E-state index contributed by atoms with van der Waals surface area (Å²) in [7, 11) is 5.18. The molecule has 0 aliphatic heterocycles. The van der Waals surface area contributed by atoms with Gasteiger partial charge in [0.25, 0.3) is 5.88 Å². The molecule has 1 N–H and O–H groups in total. The number of anilines is 1. The van der Waals surface area contributed by atoms with Crippen LogP contribution in [-0.4, -0.2) is 33.9 Å². The lowest BCUT2D eigenvalue weighted by Crippen LogP contribution is -2.01. The van der Waals surface area contributed by atoms with Gasteiger partial charge in [0.1, 0.15) is 12.0 Å². The summed E-state index contributed by atoms with van der Waals surface area (Å²) in [4.78, 5) is 8.18. The standard InChI is InChI=1S/C12H17N5O2/c1-7-9(8(2)17(4)16-7)19-12-10(18-5)11(13-3)14-6-15-12/h6H,1-5H3,(H,13,14,15). The Labute approximate surface area is 111 Å². The molecule has 0 atom stereocenters. The van der Waals surface area contributed by atoms with Crippen molar-refractivity contribution in [3.05, 3.63) is 17.7 Å². The fourth-order valence-corrected chi connectivity index (χ4v) is 1.79. The second kappa shape index (κ2) is 5.13. The van der Waals surface area contributed by atoms with E-state index in [9.17, 15) is 0 Å². The van der Waals surface area contributed by atoms with Gasteiger partial charge in [-0.1, -0.05) is 0 Å². The molecule has 2 rings (SSSR count). The highest BCUT2D eigenvalue weighted by Crippen LogP contribution is 2.35. The Hall–Kier alpha value is -2.31. The van der Waals surface area contributed by atoms with Crippen molar-refractivity contribution >= 4 is 5.82 Å². The van der Waals surface area contributed by atoms with Crippen molar-refractivity contribution in [1.82, 2.24) is 19.7 Å². The molecule has 0 saturated heterocycles. The van der Waals surface area contributed by atoms with Crippen LogP contribution in [0, 0.1) is 13.8 Å². The highest BCUT2D eigenvalue weighted by molar-refractivity contribution is 5.55. The van der Waals surface area contributed by atoms with Crippen LogP contribution in [0.1, 0.15) is 11.4 Å². The maximum Gasteiger partial charge on any atom is 0.268 e. The monoisotopic (exact) mass is 263 g/mol. The molecule has 0 saturated carbocycles. The van der Waals surface area contributed by atoms with E-state index in [1.54, 1.807) is 18.8 Å². The Morgan fingerprint density at radius 3 is 2.47 bits per heavy atom. The van der Waals surface area contributed by atoms with E-state index in [4.69, 9.17) is 9.47 Å². The fraction of sp³-hybridized carbons (Fsp3) is 0.417. The first-order chi connectivity index (χ1) is 9.08. The summed E-state index contributed by atoms with van der Waals surface area (Å²) in [5, 5.41) is 7.23. The van der Waals surface area contributed by atoms with Crippen molar-refractivity contribution in [1.29, 1.82) is 0 Å². The van der Waals surface area contributed by atoms with Crippen molar-refractivity contribution in [2.24, 2.45) is 7.05 Å². The smallest absolute Gasteiger partial charge is 0.268 e. The van der Waals surface area contributed by atoms with Gasteiger partial charge >= 0.3 is 0 Å². The lowest BCUT2D eigenvalue weighted by molar-refractivity contribution is 0.367. The van der Waals surface area contributed by atoms with Crippen LogP contribution in [0.15, 0.2) is 6.33 Å². The molecule has 7 heteroatoms. The Bertz CT molecular complexity index is 594. The van der Waals surface area contributed by atoms with Crippen molar-refractivity contribution in [3.63, 3.8) is 0 Å². The van der Waals surface area contributed by atoms with E-state index in [1.807, 2.05) is 20.9 Å². The number of ether oxygens (including phenoxy) is 2. The average Bonchev–Trinajstić information content (AvgIpc) is 2.65. The predicted octanol–water partition coefficient (Wildman–Crippen LogP) is 1.67. The van der Waals surface area contributed by atoms with E-state index in [2.05, 4.69) is 20.4 Å². The summed E-state index contributed by atoms with van der Waals surface area (Å²) in [6.45, 7) is 3.82. The lowest BCUT2D eigenvalue weighted by atomic mass is 10.3. The number of hydrogen-bond donors (Lipinski definition) is 1. The van der Waals surface area contributed by atoms with Crippen LogP contribution in [0.4, 0.5) is 5.82 Å². The highest BCUT2D eigenvalue weighted by Gasteiger charge is 2.17. The van der Waals surface area contributed by atoms with E-state index in [-0.39, 0.29) is 0 Å². The minimum Gasteiger partial charge on any atom is -0.489 e. The van der Waals surface area contributed by atoms with Gasteiger partial charge in [-0.2, -0.15) is 10.1 Å². The molecule has 19 heavy (non-hydrogen) atoms. The number of nitrogens with zero attached hydrogens (tertiary/aromatic N) is 4. The van der Waals surface area contributed by atoms with Crippen LogP contribution in [0.2, 0.25) is 0 Å². The molecule has 0 radical (unpaired) electrons. The second-order valence-electron chi connectivity index (χ2n) is 4.04. The van der Waals surface area contributed by atoms with E-state index >= 15 is 0 Å². The Morgan fingerprint density at radius 1 is 1.21 bits per heavy atom. The molecule has 0 aliphatic carbocycles. The van der Waals surface area contributed by atoms with Gasteiger partial charge in [0.15, 0.2) is 11.6 Å². The molecule has 0 aliphatic rings. The van der Waals surface area contributed by atoms with E-state index < -0.39 is 0 Å². The summed E-state index contributed by atoms with van der Waals surface area (Å²) in [5.41, 5.74) is 1.72. The van der Waals surface area contributed by atoms with Crippen molar-refractivity contribution in [2.75, 3.05) is 19.5 Å². The summed E-state index contributed by atoms with van der Waals surface area (Å²) in [5.74, 6) is 2.09. The van der Waals surface area contributed by atoms with Gasteiger partial charge in [0.05, 0.1) is 12.8 Å². The number of aryl methyl sites for hydroxylation is 2. The van der Waals surface area contributed by atoms with Gasteiger partial charge < -0.3 is 14.8 Å². The summed E-state index contributed by atoms with van der Waals surface area (Å²) >= 11 is 0. The third-order valence-corrected chi connectivity index (χ3v) is 2.85. The molecule has 0 aromatic carbocycles. The molecule has 0 spiro atoms. The third kappa shape index (κ3) is 2.31. The molecule has 2 heterocycles. The number of rotatable bonds is 4. The van der Waals surface area contributed by atoms with Crippen LogP contribution in [0.3, 0.4) is 0 Å².